The minimum absolute atomic E-state index is 0.0712. The van der Waals surface area contributed by atoms with Gasteiger partial charge in [-0.2, -0.15) is 0 Å². The number of halogens is 3. The van der Waals surface area contributed by atoms with Crippen molar-refractivity contribution in [1.82, 2.24) is 20.2 Å². The third kappa shape index (κ3) is 6.01. The molecule has 2 aliphatic rings. The maximum Gasteiger partial charge on any atom is 0.251 e. The maximum absolute atomic E-state index is 13.1. The topological polar surface area (TPSA) is 117 Å². The summed E-state index contributed by atoms with van der Waals surface area (Å²) in [5, 5.41) is 13.3. The first-order valence-corrected chi connectivity index (χ1v) is 13.2. The quantitative estimate of drug-likeness (QED) is 0.354. The third-order valence-electron chi connectivity index (χ3n) is 7.31. The second-order valence-electron chi connectivity index (χ2n) is 10.3. The van der Waals surface area contributed by atoms with Crippen LogP contribution >= 0.6 is 11.6 Å². The van der Waals surface area contributed by atoms with Gasteiger partial charge in [-0.3, -0.25) is 9.69 Å². The molecule has 0 radical (unpaired) electrons. The zero-order valence-corrected chi connectivity index (χ0v) is 23.4. The first-order valence-electron chi connectivity index (χ1n) is 12.9. The molecule has 2 fully saturated rings. The van der Waals surface area contributed by atoms with Crippen molar-refractivity contribution >= 4 is 28.8 Å². The van der Waals surface area contributed by atoms with Gasteiger partial charge in [0.15, 0.2) is 11.6 Å². The number of ketones is 1. The van der Waals surface area contributed by atoms with E-state index in [9.17, 15) is 18.7 Å². The number of rotatable bonds is 11. The summed E-state index contributed by atoms with van der Waals surface area (Å²) in [5.41, 5.74) is 7.98. The molecule has 1 atom stereocenters. The molecule has 212 valence electrons. The van der Waals surface area contributed by atoms with Crippen molar-refractivity contribution in [2.45, 2.75) is 45.3 Å². The molecule has 1 aromatic carbocycles. The highest BCUT2D eigenvalue weighted by molar-refractivity contribution is 6.33. The van der Waals surface area contributed by atoms with Crippen molar-refractivity contribution in [2.75, 3.05) is 51.3 Å². The van der Waals surface area contributed by atoms with Crippen LogP contribution in [-0.2, 0) is 4.79 Å². The van der Waals surface area contributed by atoms with E-state index in [0.717, 1.165) is 6.42 Å². The second-order valence-corrected chi connectivity index (χ2v) is 10.7. The number of ether oxygens (including phenoxy) is 1. The Morgan fingerprint density at radius 1 is 1.31 bits per heavy atom. The van der Waals surface area contributed by atoms with E-state index in [2.05, 4.69) is 5.32 Å². The molecule has 2 aromatic rings. The number of hydrogen-bond acceptors (Lipinski definition) is 9. The summed E-state index contributed by atoms with van der Waals surface area (Å²) in [4.78, 5) is 26.0. The Bertz CT molecular complexity index is 1260. The van der Waals surface area contributed by atoms with Crippen molar-refractivity contribution in [3.05, 3.63) is 40.2 Å². The third-order valence-corrected chi connectivity index (χ3v) is 7.64. The van der Waals surface area contributed by atoms with Gasteiger partial charge in [0.25, 0.3) is 6.43 Å². The second kappa shape index (κ2) is 11.7. The van der Waals surface area contributed by atoms with Gasteiger partial charge >= 0.3 is 0 Å². The molecule has 3 heterocycles. The van der Waals surface area contributed by atoms with Crippen molar-refractivity contribution in [2.24, 2.45) is 5.73 Å². The summed E-state index contributed by atoms with van der Waals surface area (Å²) in [5.74, 6) is 1.10. The van der Waals surface area contributed by atoms with Crippen LogP contribution in [0.2, 0.25) is 5.02 Å². The molecule has 4 N–H and O–H groups in total. The van der Waals surface area contributed by atoms with Crippen LogP contribution in [0.4, 0.5) is 14.6 Å². The standard InChI is InChI=1S/C27H35ClF2N6O3/c1-15-24(23(16(2)31)17(3)37)33-25(20-9-19(5-6-21(20)28)39-12-18(38)10-32-4)34-26(15)35-13-27(14-35)7-8-36(27)11-22(29)30/h5-6,9,18,22,32,38H,7-8,10-14,31H2,1-4H3/t18-/m1/s1. The Labute approximate surface area is 232 Å². The molecule has 9 nitrogen and oxygen atoms in total. The van der Waals surface area contributed by atoms with Crippen LogP contribution in [0.25, 0.3) is 17.0 Å². The summed E-state index contributed by atoms with van der Waals surface area (Å²) in [6, 6.07) is 5.03. The molecule has 2 saturated heterocycles. The summed E-state index contributed by atoms with van der Waals surface area (Å²) in [6.45, 7) is 6.82. The summed E-state index contributed by atoms with van der Waals surface area (Å²) in [7, 11) is 1.74. The number of aliphatic hydroxyl groups is 1. The zero-order valence-electron chi connectivity index (χ0n) is 22.6. The van der Waals surface area contributed by atoms with Gasteiger partial charge in [0.05, 0.1) is 28.4 Å². The van der Waals surface area contributed by atoms with Crippen molar-refractivity contribution in [3.63, 3.8) is 0 Å². The van der Waals surface area contributed by atoms with E-state index in [4.69, 9.17) is 32.0 Å². The van der Waals surface area contributed by atoms with E-state index in [1.165, 1.54) is 6.92 Å². The van der Waals surface area contributed by atoms with Crippen LogP contribution in [0.5, 0.6) is 5.75 Å². The number of nitrogens with zero attached hydrogens (tertiary/aromatic N) is 4. The summed E-state index contributed by atoms with van der Waals surface area (Å²) >= 11 is 6.57. The molecular formula is C27H35ClF2N6O3. The molecule has 39 heavy (non-hydrogen) atoms. The van der Waals surface area contributed by atoms with Gasteiger partial charge in [-0.1, -0.05) is 11.6 Å². The highest BCUT2D eigenvalue weighted by Crippen LogP contribution is 2.43. The highest BCUT2D eigenvalue weighted by Gasteiger charge is 2.54. The number of Topliss-reactive ketones (excluding diaryl/α,β-unsaturated/α-hetero) is 1. The van der Waals surface area contributed by atoms with Crippen LogP contribution in [-0.4, -0.2) is 90.2 Å². The van der Waals surface area contributed by atoms with E-state index in [1.807, 2.05) is 16.7 Å². The lowest BCUT2D eigenvalue weighted by Crippen LogP contribution is -2.77. The molecule has 0 aliphatic carbocycles. The lowest BCUT2D eigenvalue weighted by Gasteiger charge is -2.63. The Hall–Kier alpha value is -2.86. The normalized spacial score (nSPS) is 18.0. The van der Waals surface area contributed by atoms with Crippen LogP contribution in [0.1, 0.15) is 31.5 Å². The van der Waals surface area contributed by atoms with E-state index in [-0.39, 0.29) is 35.9 Å². The number of hydrogen-bond donors (Lipinski definition) is 3. The fourth-order valence-corrected chi connectivity index (χ4v) is 5.47. The minimum Gasteiger partial charge on any atom is -0.491 e. The van der Waals surface area contributed by atoms with Crippen molar-refractivity contribution < 1.29 is 23.4 Å². The number of benzene rings is 1. The SMILES string of the molecule is CNC[C@@H](O)COc1ccc(Cl)c(-c2nc(C(C(C)=O)=C(C)N)c(C)c(N3CC4(CCN4CC(F)F)C3)n2)c1. The number of allylic oxidation sites excluding steroid dienone is 2. The first-order chi connectivity index (χ1) is 18.5. The molecule has 0 bridgehead atoms. The van der Waals surface area contributed by atoms with E-state index >= 15 is 0 Å². The molecule has 12 heteroatoms. The molecule has 0 amide bonds. The number of likely N-dealkylation sites (tertiary alicyclic amines) is 1. The monoisotopic (exact) mass is 564 g/mol. The lowest BCUT2D eigenvalue weighted by atomic mass is 9.77. The van der Waals surface area contributed by atoms with Gasteiger partial charge in [-0.05, 0) is 52.4 Å². The zero-order chi connectivity index (χ0) is 28.5. The number of aliphatic hydroxyl groups excluding tert-OH is 1. The summed E-state index contributed by atoms with van der Waals surface area (Å²) < 4.78 is 31.9. The average Bonchev–Trinajstić information content (AvgIpc) is 2.82. The molecule has 0 unspecified atom stereocenters. The Kier molecular flexibility index (Phi) is 8.75. The van der Waals surface area contributed by atoms with Crippen LogP contribution in [0.3, 0.4) is 0 Å². The number of carbonyl (C=O) groups is 1. The molecule has 1 aromatic heterocycles. The minimum atomic E-state index is -2.39. The smallest absolute Gasteiger partial charge is 0.251 e. The largest absolute Gasteiger partial charge is 0.491 e. The molecule has 4 rings (SSSR count). The number of nitrogens with one attached hydrogen (secondary N) is 1. The van der Waals surface area contributed by atoms with E-state index in [0.29, 0.717) is 65.3 Å². The Morgan fingerprint density at radius 3 is 2.59 bits per heavy atom. The number of alkyl halides is 2. The lowest BCUT2D eigenvalue weighted by molar-refractivity contribution is -0.111. The highest BCUT2D eigenvalue weighted by atomic mass is 35.5. The van der Waals surface area contributed by atoms with Gasteiger partial charge < -0.3 is 25.8 Å². The maximum atomic E-state index is 13.1. The van der Waals surface area contributed by atoms with Crippen molar-refractivity contribution in [1.29, 1.82) is 0 Å². The number of likely N-dealkylation sites (N-methyl/N-ethyl adjacent to an activating group) is 1. The predicted molar refractivity (Wildman–Crippen MR) is 147 cm³/mol. The van der Waals surface area contributed by atoms with Crippen molar-refractivity contribution in [3.8, 4) is 17.1 Å². The Balaban J connectivity index is 1.73. The fraction of sp³-hybridized carbons (Fsp3) is 0.519. The summed E-state index contributed by atoms with van der Waals surface area (Å²) in [6.07, 6.45) is -2.25. The Morgan fingerprint density at radius 2 is 2.03 bits per heavy atom. The number of anilines is 1. The van der Waals surface area contributed by atoms with E-state index < -0.39 is 12.5 Å². The number of carbonyl (C=O) groups excluding carboxylic acids is 1. The van der Waals surface area contributed by atoms with Gasteiger partial charge in [0.1, 0.15) is 24.3 Å². The van der Waals surface area contributed by atoms with Gasteiger partial charge in [-0.15, -0.1) is 0 Å². The molecular weight excluding hydrogens is 530 g/mol. The fourth-order valence-electron chi connectivity index (χ4n) is 5.27. The molecule has 2 aliphatic heterocycles. The van der Waals surface area contributed by atoms with Gasteiger partial charge in [0.2, 0.25) is 0 Å². The van der Waals surface area contributed by atoms with Crippen LogP contribution < -0.4 is 20.7 Å². The van der Waals surface area contributed by atoms with Crippen LogP contribution in [0, 0.1) is 6.92 Å². The predicted octanol–water partition coefficient (Wildman–Crippen LogP) is 2.87. The average molecular weight is 565 g/mol. The number of aromatic nitrogens is 2. The van der Waals surface area contributed by atoms with Gasteiger partial charge in [-0.25, -0.2) is 18.7 Å². The van der Waals surface area contributed by atoms with Crippen LogP contribution in [0.15, 0.2) is 23.9 Å². The van der Waals surface area contributed by atoms with Gasteiger partial charge in [0, 0.05) is 43.0 Å². The molecule has 0 saturated carbocycles. The van der Waals surface area contributed by atoms with E-state index in [1.54, 1.807) is 32.2 Å². The first kappa shape index (κ1) is 29.1. The number of nitrogens with two attached hydrogens (primary N) is 1. The molecule has 1 spiro atoms.